The summed E-state index contributed by atoms with van der Waals surface area (Å²) in [5.74, 6) is 1.53. The molecule has 25 heavy (non-hydrogen) atoms. The summed E-state index contributed by atoms with van der Waals surface area (Å²) >= 11 is 0. The number of anilines is 1. The van der Waals surface area contributed by atoms with Crippen molar-refractivity contribution in [1.82, 2.24) is 14.9 Å². The van der Waals surface area contributed by atoms with E-state index in [-0.39, 0.29) is 12.1 Å². The van der Waals surface area contributed by atoms with Gasteiger partial charge in [-0.1, -0.05) is 26.0 Å². The van der Waals surface area contributed by atoms with Crippen LogP contribution in [0.15, 0.2) is 48.8 Å². The Morgan fingerprint density at radius 1 is 1.44 bits per heavy atom. The van der Waals surface area contributed by atoms with Crippen LogP contribution in [-0.2, 0) is 7.05 Å². The lowest BCUT2D eigenvalue weighted by atomic mass is 10.1. The molecule has 0 saturated heterocycles. The highest BCUT2D eigenvalue weighted by atomic mass is 16.5. The van der Waals surface area contributed by atoms with Crippen LogP contribution in [0, 0.1) is 0 Å². The topological polar surface area (TPSA) is 68.2 Å². The molecule has 2 aromatic rings. The fourth-order valence-electron chi connectivity index (χ4n) is 2.46. The van der Waals surface area contributed by atoms with Gasteiger partial charge >= 0.3 is 6.03 Å². The van der Waals surface area contributed by atoms with E-state index < -0.39 is 0 Å². The Bertz CT molecular complexity index is 724. The number of benzene rings is 1. The van der Waals surface area contributed by atoms with Crippen molar-refractivity contribution >= 4 is 11.7 Å². The maximum absolute atomic E-state index is 12.4. The summed E-state index contributed by atoms with van der Waals surface area (Å²) in [6.45, 7) is 8.25. The molecule has 1 aromatic carbocycles. The second-order valence-electron chi connectivity index (χ2n) is 6.11. The lowest BCUT2D eigenvalue weighted by Crippen LogP contribution is -2.33. The summed E-state index contributed by atoms with van der Waals surface area (Å²) in [4.78, 5) is 16.7. The third-order valence-corrected chi connectivity index (χ3v) is 3.63. The molecule has 0 radical (unpaired) electrons. The predicted molar refractivity (Wildman–Crippen MR) is 99.8 cm³/mol. The zero-order valence-electron chi connectivity index (χ0n) is 15.1. The molecule has 0 aliphatic heterocycles. The molecule has 1 heterocycles. The van der Waals surface area contributed by atoms with Crippen LogP contribution in [0.5, 0.6) is 5.75 Å². The van der Waals surface area contributed by atoms with Crippen molar-refractivity contribution in [1.29, 1.82) is 0 Å². The Morgan fingerprint density at radius 2 is 2.24 bits per heavy atom. The number of hydrogen-bond acceptors (Lipinski definition) is 3. The summed E-state index contributed by atoms with van der Waals surface area (Å²) in [6, 6.07) is 6.90. The molecular weight excluding hydrogens is 316 g/mol. The monoisotopic (exact) mass is 342 g/mol. The molecule has 2 amide bonds. The van der Waals surface area contributed by atoms with Gasteiger partial charge in [-0.2, -0.15) is 0 Å². The number of carbonyl (C=O) groups excluding carboxylic acids is 1. The Kier molecular flexibility index (Phi) is 6.62. The molecule has 0 saturated carbocycles. The number of carbonyl (C=O) groups is 1. The van der Waals surface area contributed by atoms with Gasteiger partial charge in [0.15, 0.2) is 0 Å². The van der Waals surface area contributed by atoms with Gasteiger partial charge in [-0.3, -0.25) is 0 Å². The van der Waals surface area contributed by atoms with Crippen molar-refractivity contribution in [3.8, 4) is 5.75 Å². The first kappa shape index (κ1) is 18.6. The number of hydrogen-bond donors (Lipinski definition) is 2. The average molecular weight is 342 g/mol. The van der Waals surface area contributed by atoms with Crippen LogP contribution in [0.25, 0.3) is 0 Å². The molecule has 6 nitrogen and oxygen atoms in total. The van der Waals surface area contributed by atoms with Gasteiger partial charge in [0, 0.05) is 31.2 Å². The number of aromatic nitrogens is 2. The van der Waals surface area contributed by atoms with E-state index in [1.807, 2.05) is 42.9 Å². The summed E-state index contributed by atoms with van der Waals surface area (Å²) in [5, 5.41) is 5.84. The van der Waals surface area contributed by atoms with Crippen molar-refractivity contribution < 1.29 is 9.53 Å². The molecule has 0 fully saturated rings. The van der Waals surface area contributed by atoms with Gasteiger partial charge < -0.3 is 19.9 Å². The standard InChI is InChI=1S/C19H26N4O2/c1-5-7-17(18-20-10-11-23(18)4)22-19(24)21-15-8-6-9-16(12-15)25-13-14(2)3/h6,8-12,17H,2,5,7,13H2,1,3-4H3,(H2,21,22,24)/t17-/m0/s1. The van der Waals surface area contributed by atoms with Gasteiger partial charge in [0.2, 0.25) is 0 Å². The molecule has 1 atom stereocenters. The molecule has 6 heteroatoms. The van der Waals surface area contributed by atoms with E-state index in [0.29, 0.717) is 18.0 Å². The lowest BCUT2D eigenvalue weighted by molar-refractivity contribution is 0.247. The van der Waals surface area contributed by atoms with Crippen molar-refractivity contribution in [2.24, 2.45) is 7.05 Å². The first-order chi connectivity index (χ1) is 12.0. The number of nitrogens with one attached hydrogen (secondary N) is 2. The Balaban J connectivity index is 1.99. The second-order valence-corrected chi connectivity index (χ2v) is 6.11. The minimum atomic E-state index is -0.265. The van der Waals surface area contributed by atoms with Crippen molar-refractivity contribution in [3.63, 3.8) is 0 Å². The van der Waals surface area contributed by atoms with Gasteiger partial charge in [0.1, 0.15) is 18.2 Å². The maximum Gasteiger partial charge on any atom is 0.319 e. The van der Waals surface area contributed by atoms with E-state index in [4.69, 9.17) is 4.74 Å². The molecule has 0 unspecified atom stereocenters. The predicted octanol–water partition coefficient (Wildman–Crippen LogP) is 4.04. The fraction of sp³-hybridized carbons (Fsp3) is 0.368. The lowest BCUT2D eigenvalue weighted by Gasteiger charge is -2.18. The Labute approximate surface area is 148 Å². The minimum absolute atomic E-state index is 0.132. The smallest absolute Gasteiger partial charge is 0.319 e. The quantitative estimate of drug-likeness (QED) is 0.712. The van der Waals surface area contributed by atoms with Gasteiger partial charge in [-0.15, -0.1) is 0 Å². The van der Waals surface area contributed by atoms with Gasteiger partial charge in [0.05, 0.1) is 6.04 Å². The highest BCUT2D eigenvalue weighted by Crippen LogP contribution is 2.19. The average Bonchev–Trinajstić information content (AvgIpc) is 2.99. The van der Waals surface area contributed by atoms with Crippen LogP contribution >= 0.6 is 0 Å². The summed E-state index contributed by atoms with van der Waals surface area (Å²) < 4.78 is 7.52. The van der Waals surface area contributed by atoms with Gasteiger partial charge in [-0.05, 0) is 31.1 Å². The summed E-state index contributed by atoms with van der Waals surface area (Å²) in [6.07, 6.45) is 5.38. The largest absolute Gasteiger partial charge is 0.489 e. The van der Waals surface area contributed by atoms with E-state index in [1.165, 1.54) is 0 Å². The molecule has 134 valence electrons. The summed E-state index contributed by atoms with van der Waals surface area (Å²) in [7, 11) is 1.92. The molecule has 0 aliphatic rings. The van der Waals surface area contributed by atoms with Crippen molar-refractivity contribution in [3.05, 3.63) is 54.6 Å². The number of amides is 2. The Hall–Kier alpha value is -2.76. The van der Waals surface area contributed by atoms with Crippen LogP contribution in [0.2, 0.25) is 0 Å². The zero-order valence-corrected chi connectivity index (χ0v) is 15.1. The van der Waals surface area contributed by atoms with Crippen molar-refractivity contribution in [2.45, 2.75) is 32.7 Å². The highest BCUT2D eigenvalue weighted by Gasteiger charge is 2.17. The molecule has 1 aromatic heterocycles. The zero-order chi connectivity index (χ0) is 18.2. The first-order valence-corrected chi connectivity index (χ1v) is 8.41. The van der Waals surface area contributed by atoms with E-state index in [9.17, 15) is 4.79 Å². The number of imidazole rings is 1. The third-order valence-electron chi connectivity index (χ3n) is 3.63. The van der Waals surface area contributed by atoms with Gasteiger partial charge in [0.25, 0.3) is 0 Å². The first-order valence-electron chi connectivity index (χ1n) is 8.41. The number of ether oxygens (including phenoxy) is 1. The van der Waals surface area contributed by atoms with Crippen LogP contribution < -0.4 is 15.4 Å². The van der Waals surface area contributed by atoms with Crippen LogP contribution in [0.1, 0.15) is 38.6 Å². The van der Waals surface area contributed by atoms with Gasteiger partial charge in [-0.25, -0.2) is 9.78 Å². The minimum Gasteiger partial charge on any atom is -0.489 e. The number of urea groups is 1. The normalized spacial score (nSPS) is 11.6. The SMILES string of the molecule is C=C(C)COc1cccc(NC(=O)N[C@@H](CCC)c2nccn2C)c1. The molecule has 0 aliphatic carbocycles. The maximum atomic E-state index is 12.4. The van der Waals surface area contributed by atoms with Crippen molar-refractivity contribution in [2.75, 3.05) is 11.9 Å². The van der Waals surface area contributed by atoms with Crippen LogP contribution in [0.3, 0.4) is 0 Å². The number of rotatable bonds is 8. The number of nitrogens with zero attached hydrogens (tertiary/aromatic N) is 2. The third kappa shape index (κ3) is 5.67. The molecule has 2 rings (SSSR count). The number of aryl methyl sites for hydroxylation is 1. The van der Waals surface area contributed by atoms with E-state index in [2.05, 4.69) is 29.1 Å². The highest BCUT2D eigenvalue weighted by molar-refractivity contribution is 5.89. The van der Waals surface area contributed by atoms with E-state index in [0.717, 1.165) is 24.2 Å². The fourth-order valence-corrected chi connectivity index (χ4v) is 2.46. The Morgan fingerprint density at radius 3 is 2.88 bits per heavy atom. The molecule has 2 N–H and O–H groups in total. The summed E-state index contributed by atoms with van der Waals surface area (Å²) in [5.41, 5.74) is 1.61. The van der Waals surface area contributed by atoms with E-state index >= 15 is 0 Å². The van der Waals surface area contributed by atoms with Crippen LogP contribution in [0.4, 0.5) is 10.5 Å². The van der Waals surface area contributed by atoms with Crippen LogP contribution in [-0.4, -0.2) is 22.2 Å². The molecule has 0 spiro atoms. The second kappa shape index (κ2) is 8.92. The molecular formula is C19H26N4O2. The molecule has 0 bridgehead atoms. The van der Waals surface area contributed by atoms with E-state index in [1.54, 1.807) is 12.3 Å².